The first-order valence-electron chi connectivity index (χ1n) is 6.65. The van der Waals surface area contributed by atoms with Crippen LogP contribution in [0.4, 0.5) is 5.69 Å². The molecule has 2 aromatic rings. The van der Waals surface area contributed by atoms with Gasteiger partial charge in [-0.05, 0) is 35.2 Å². The second-order valence-corrected chi connectivity index (χ2v) is 5.65. The molecule has 0 unspecified atom stereocenters. The minimum absolute atomic E-state index is 0.0386. The summed E-state index contributed by atoms with van der Waals surface area (Å²) in [5.41, 5.74) is 2.72. The molecular formula is C17H15NO2S. The standard InChI is InChI=1S/C17H15NO2S/c1-20-14-8-6-12(7-9-14)10-13-11-21-16-5-3-2-4-15(16)18-17(13)19/h2-9,11H,10H2,1H3,(H,18,19). The van der Waals surface area contributed by atoms with Crippen LogP contribution in [0.25, 0.3) is 0 Å². The Morgan fingerprint density at radius 1 is 1.10 bits per heavy atom. The second-order valence-electron chi connectivity index (χ2n) is 4.74. The summed E-state index contributed by atoms with van der Waals surface area (Å²) < 4.78 is 5.14. The lowest BCUT2D eigenvalue weighted by Crippen LogP contribution is -2.15. The highest BCUT2D eigenvalue weighted by Gasteiger charge is 2.16. The van der Waals surface area contributed by atoms with E-state index < -0.39 is 0 Å². The minimum Gasteiger partial charge on any atom is -0.497 e. The number of nitrogens with one attached hydrogen (secondary N) is 1. The van der Waals surface area contributed by atoms with Gasteiger partial charge in [-0.3, -0.25) is 4.79 Å². The zero-order valence-electron chi connectivity index (χ0n) is 11.6. The number of fused-ring (bicyclic) bond motifs is 1. The van der Waals surface area contributed by atoms with E-state index in [-0.39, 0.29) is 5.91 Å². The molecule has 0 radical (unpaired) electrons. The Labute approximate surface area is 128 Å². The SMILES string of the molecule is COc1ccc(CC2=CSc3ccccc3NC2=O)cc1. The first-order chi connectivity index (χ1) is 10.3. The van der Waals surface area contributed by atoms with Crippen LogP contribution in [-0.2, 0) is 11.2 Å². The molecule has 0 spiro atoms. The lowest BCUT2D eigenvalue weighted by molar-refractivity contribution is -0.112. The molecule has 0 aromatic heterocycles. The Balaban J connectivity index is 1.79. The molecule has 21 heavy (non-hydrogen) atoms. The highest BCUT2D eigenvalue weighted by atomic mass is 32.2. The van der Waals surface area contributed by atoms with E-state index in [1.54, 1.807) is 18.9 Å². The first kappa shape index (κ1) is 13.8. The van der Waals surface area contributed by atoms with Crippen molar-refractivity contribution in [3.63, 3.8) is 0 Å². The van der Waals surface area contributed by atoms with E-state index in [2.05, 4.69) is 5.32 Å². The molecule has 1 aliphatic rings. The Bertz CT molecular complexity index is 692. The molecule has 4 heteroatoms. The molecule has 1 amide bonds. The van der Waals surface area contributed by atoms with Gasteiger partial charge >= 0.3 is 0 Å². The lowest BCUT2D eigenvalue weighted by atomic mass is 10.1. The number of hydrogen-bond acceptors (Lipinski definition) is 3. The van der Waals surface area contributed by atoms with Gasteiger partial charge in [0.2, 0.25) is 0 Å². The van der Waals surface area contributed by atoms with Gasteiger partial charge in [0.25, 0.3) is 5.91 Å². The van der Waals surface area contributed by atoms with E-state index >= 15 is 0 Å². The molecule has 0 saturated heterocycles. The van der Waals surface area contributed by atoms with E-state index in [1.165, 1.54) is 0 Å². The molecule has 3 nitrogen and oxygen atoms in total. The predicted octanol–water partition coefficient (Wildman–Crippen LogP) is 3.87. The zero-order valence-corrected chi connectivity index (χ0v) is 12.4. The summed E-state index contributed by atoms with van der Waals surface area (Å²) >= 11 is 1.58. The van der Waals surface area contributed by atoms with E-state index in [4.69, 9.17) is 4.74 Å². The van der Waals surface area contributed by atoms with Gasteiger partial charge in [0.05, 0.1) is 12.8 Å². The van der Waals surface area contributed by atoms with Crippen LogP contribution in [-0.4, -0.2) is 13.0 Å². The topological polar surface area (TPSA) is 38.3 Å². The maximum absolute atomic E-state index is 12.3. The number of carbonyl (C=O) groups is 1. The van der Waals surface area contributed by atoms with Crippen molar-refractivity contribution in [2.24, 2.45) is 0 Å². The Hall–Kier alpha value is -2.20. The second kappa shape index (κ2) is 6.06. The van der Waals surface area contributed by atoms with Gasteiger partial charge in [-0.2, -0.15) is 0 Å². The predicted molar refractivity (Wildman–Crippen MR) is 85.7 cm³/mol. The van der Waals surface area contributed by atoms with Crippen molar-refractivity contribution in [2.45, 2.75) is 11.3 Å². The molecule has 1 N–H and O–H groups in total. The van der Waals surface area contributed by atoms with Crippen LogP contribution in [0.1, 0.15) is 5.56 Å². The molecule has 0 saturated carbocycles. The number of ether oxygens (including phenoxy) is 1. The number of thioether (sulfide) groups is 1. The summed E-state index contributed by atoms with van der Waals surface area (Å²) in [6, 6.07) is 15.6. The van der Waals surface area contributed by atoms with Gasteiger partial charge in [-0.15, -0.1) is 0 Å². The number of hydrogen-bond donors (Lipinski definition) is 1. The Kier molecular flexibility index (Phi) is 3.97. The third-order valence-corrected chi connectivity index (χ3v) is 4.32. The molecule has 0 atom stereocenters. The highest BCUT2D eigenvalue weighted by molar-refractivity contribution is 8.02. The van der Waals surface area contributed by atoms with Gasteiger partial charge in [-0.1, -0.05) is 36.0 Å². The van der Waals surface area contributed by atoms with Crippen molar-refractivity contribution in [3.8, 4) is 5.75 Å². The molecule has 106 valence electrons. The smallest absolute Gasteiger partial charge is 0.252 e. The summed E-state index contributed by atoms with van der Waals surface area (Å²) in [4.78, 5) is 13.4. The fourth-order valence-electron chi connectivity index (χ4n) is 2.15. The molecule has 3 rings (SSSR count). The normalized spacial score (nSPS) is 13.8. The van der Waals surface area contributed by atoms with Gasteiger partial charge in [-0.25, -0.2) is 0 Å². The number of amides is 1. The van der Waals surface area contributed by atoms with Crippen LogP contribution in [0.2, 0.25) is 0 Å². The number of anilines is 1. The number of benzene rings is 2. The van der Waals surface area contributed by atoms with Crippen molar-refractivity contribution in [2.75, 3.05) is 12.4 Å². The summed E-state index contributed by atoms with van der Waals surface area (Å²) in [5, 5.41) is 4.90. The summed E-state index contributed by atoms with van der Waals surface area (Å²) in [5.74, 6) is 0.781. The fraction of sp³-hybridized carbons (Fsp3) is 0.118. The van der Waals surface area contributed by atoms with Crippen molar-refractivity contribution >= 4 is 23.4 Å². The highest BCUT2D eigenvalue weighted by Crippen LogP contribution is 2.32. The molecule has 0 bridgehead atoms. The van der Waals surface area contributed by atoms with Crippen LogP contribution in [0, 0.1) is 0 Å². The fourth-order valence-corrected chi connectivity index (χ4v) is 3.01. The average molecular weight is 297 g/mol. The van der Waals surface area contributed by atoms with Gasteiger partial charge in [0, 0.05) is 16.9 Å². The van der Waals surface area contributed by atoms with Gasteiger partial charge in [0.15, 0.2) is 0 Å². The van der Waals surface area contributed by atoms with Crippen molar-refractivity contribution in [1.29, 1.82) is 0 Å². The van der Waals surface area contributed by atoms with Gasteiger partial charge in [0.1, 0.15) is 5.75 Å². The van der Waals surface area contributed by atoms with E-state index in [0.29, 0.717) is 6.42 Å². The number of carbonyl (C=O) groups excluding carboxylic acids is 1. The maximum atomic E-state index is 12.3. The minimum atomic E-state index is -0.0386. The third-order valence-electron chi connectivity index (χ3n) is 3.31. The molecule has 2 aromatic carbocycles. The summed E-state index contributed by atoms with van der Waals surface area (Å²) in [6.07, 6.45) is 0.608. The van der Waals surface area contributed by atoms with Crippen LogP contribution in [0.15, 0.2) is 64.4 Å². The number of methoxy groups -OCH3 is 1. The van der Waals surface area contributed by atoms with Crippen LogP contribution in [0.5, 0.6) is 5.75 Å². The van der Waals surface area contributed by atoms with E-state index in [1.807, 2.05) is 53.9 Å². The average Bonchev–Trinajstić information content (AvgIpc) is 2.67. The van der Waals surface area contributed by atoms with Gasteiger partial charge < -0.3 is 10.1 Å². The van der Waals surface area contributed by atoms with Crippen molar-refractivity contribution in [3.05, 3.63) is 65.1 Å². The zero-order chi connectivity index (χ0) is 14.7. The quantitative estimate of drug-likeness (QED) is 0.934. The molecular weight excluding hydrogens is 282 g/mol. The van der Waals surface area contributed by atoms with Crippen LogP contribution >= 0.6 is 11.8 Å². The van der Waals surface area contributed by atoms with E-state index in [0.717, 1.165) is 27.5 Å². The monoisotopic (exact) mass is 297 g/mol. The van der Waals surface area contributed by atoms with Crippen LogP contribution in [0.3, 0.4) is 0 Å². The maximum Gasteiger partial charge on any atom is 0.252 e. The molecule has 0 fully saturated rings. The third kappa shape index (κ3) is 3.11. The summed E-state index contributed by atoms with van der Waals surface area (Å²) in [6.45, 7) is 0. The van der Waals surface area contributed by atoms with Crippen LogP contribution < -0.4 is 10.1 Å². The molecule has 1 aliphatic heterocycles. The Morgan fingerprint density at radius 2 is 1.86 bits per heavy atom. The molecule has 0 aliphatic carbocycles. The Morgan fingerprint density at radius 3 is 2.62 bits per heavy atom. The van der Waals surface area contributed by atoms with Crippen molar-refractivity contribution < 1.29 is 9.53 Å². The number of para-hydroxylation sites is 1. The first-order valence-corrected chi connectivity index (χ1v) is 7.53. The lowest BCUT2D eigenvalue weighted by Gasteiger charge is -2.07. The van der Waals surface area contributed by atoms with Crippen molar-refractivity contribution in [1.82, 2.24) is 0 Å². The number of rotatable bonds is 3. The molecule has 1 heterocycles. The largest absolute Gasteiger partial charge is 0.497 e. The summed E-state index contributed by atoms with van der Waals surface area (Å²) in [7, 11) is 1.64. The van der Waals surface area contributed by atoms with E-state index in [9.17, 15) is 4.79 Å².